The monoisotopic (exact) mass is 119 g/mol. The summed E-state index contributed by atoms with van der Waals surface area (Å²) in [5.41, 5.74) is 5.21. The molecule has 0 spiro atoms. The normalized spacial score (nSPS) is 18.1. The molecule has 2 nitrogen and oxygen atoms in total. The van der Waals surface area contributed by atoms with Crippen LogP contribution in [-0.4, -0.2) is 22.6 Å². The molecular formula is C4H9NOS. The third-order valence-corrected chi connectivity index (χ3v) is 1.03. The van der Waals surface area contributed by atoms with Gasteiger partial charge < -0.3 is 10.8 Å². The molecule has 2 unspecified atom stereocenters. The van der Waals surface area contributed by atoms with Gasteiger partial charge in [0.2, 0.25) is 0 Å². The summed E-state index contributed by atoms with van der Waals surface area (Å²) < 4.78 is 0. The number of thiocarbonyl (C=S) groups is 1. The first-order chi connectivity index (χ1) is 3.18. The second kappa shape index (κ2) is 3.07. The van der Waals surface area contributed by atoms with Crippen molar-refractivity contribution in [3.05, 3.63) is 0 Å². The van der Waals surface area contributed by atoms with Gasteiger partial charge in [-0.05, 0) is 12.3 Å². The summed E-state index contributed by atoms with van der Waals surface area (Å²) in [4.78, 5) is 0. The van der Waals surface area contributed by atoms with Crippen molar-refractivity contribution in [2.45, 2.75) is 19.1 Å². The zero-order valence-electron chi connectivity index (χ0n) is 4.16. The summed E-state index contributed by atoms with van der Waals surface area (Å²) in [6, 6.07) is -0.352. The van der Waals surface area contributed by atoms with Gasteiger partial charge in [-0.1, -0.05) is 12.2 Å². The Labute approximate surface area is 48.3 Å². The Balaban J connectivity index is 3.33. The molecule has 0 saturated carbocycles. The van der Waals surface area contributed by atoms with E-state index < -0.39 is 6.10 Å². The lowest BCUT2D eigenvalue weighted by molar-refractivity contribution is 0.188. The van der Waals surface area contributed by atoms with Gasteiger partial charge in [-0.3, -0.25) is 0 Å². The van der Waals surface area contributed by atoms with Crippen LogP contribution >= 0.6 is 12.2 Å². The summed E-state index contributed by atoms with van der Waals surface area (Å²) >= 11 is 4.44. The topological polar surface area (TPSA) is 46.2 Å². The number of nitrogens with two attached hydrogens (primary N) is 1. The fraction of sp³-hybridized carbons (Fsp3) is 0.750. The minimum atomic E-state index is -0.516. The molecule has 3 heteroatoms. The molecule has 42 valence electrons. The summed E-state index contributed by atoms with van der Waals surface area (Å²) in [6.45, 7) is 1.60. The van der Waals surface area contributed by atoms with Gasteiger partial charge in [-0.25, -0.2) is 0 Å². The highest BCUT2D eigenvalue weighted by Gasteiger charge is 2.02. The zero-order chi connectivity index (χ0) is 5.86. The minimum absolute atomic E-state index is 0.352. The smallest absolute Gasteiger partial charge is 0.0707 e. The number of hydrogen-bond donors (Lipinski definition) is 2. The molecule has 0 bridgehead atoms. The second-order valence-electron chi connectivity index (χ2n) is 1.45. The highest BCUT2D eigenvalue weighted by atomic mass is 32.1. The van der Waals surface area contributed by atoms with E-state index in [0.717, 1.165) is 0 Å². The Kier molecular flexibility index (Phi) is 3.07. The maximum atomic E-state index is 8.60. The summed E-state index contributed by atoms with van der Waals surface area (Å²) in [6.07, 6.45) is -0.516. The highest BCUT2D eigenvalue weighted by molar-refractivity contribution is 7.79. The van der Waals surface area contributed by atoms with E-state index in [1.54, 1.807) is 6.92 Å². The molecule has 0 rings (SSSR count). The van der Waals surface area contributed by atoms with Crippen LogP contribution in [0.15, 0.2) is 0 Å². The van der Waals surface area contributed by atoms with Gasteiger partial charge in [0.1, 0.15) is 0 Å². The van der Waals surface area contributed by atoms with Gasteiger partial charge in [-0.15, -0.1) is 0 Å². The van der Waals surface area contributed by atoms with E-state index in [2.05, 4.69) is 12.2 Å². The van der Waals surface area contributed by atoms with Crippen molar-refractivity contribution in [1.29, 1.82) is 0 Å². The maximum absolute atomic E-state index is 8.60. The Morgan fingerprint density at radius 3 is 2.29 bits per heavy atom. The zero-order valence-corrected chi connectivity index (χ0v) is 4.98. The third kappa shape index (κ3) is 2.68. The molecule has 0 fully saturated rings. The van der Waals surface area contributed by atoms with Crippen molar-refractivity contribution < 1.29 is 5.11 Å². The molecule has 0 aliphatic carbocycles. The lowest BCUT2D eigenvalue weighted by Gasteiger charge is -2.05. The van der Waals surface area contributed by atoms with E-state index in [0.29, 0.717) is 0 Å². The van der Waals surface area contributed by atoms with E-state index in [1.807, 2.05) is 0 Å². The van der Waals surface area contributed by atoms with Crippen molar-refractivity contribution in [3.8, 4) is 0 Å². The van der Waals surface area contributed by atoms with Crippen LogP contribution in [0.2, 0.25) is 0 Å². The number of aliphatic hydroxyl groups excluding tert-OH is 1. The fourth-order valence-electron chi connectivity index (χ4n) is 0.114. The van der Waals surface area contributed by atoms with Crippen LogP contribution in [0.4, 0.5) is 0 Å². The highest BCUT2D eigenvalue weighted by Crippen LogP contribution is 1.82. The van der Waals surface area contributed by atoms with Gasteiger partial charge in [0.15, 0.2) is 0 Å². The van der Waals surface area contributed by atoms with Crippen LogP contribution in [0.1, 0.15) is 6.92 Å². The Hall–Kier alpha value is 0.01000. The number of rotatable bonds is 2. The maximum Gasteiger partial charge on any atom is 0.0707 e. The lowest BCUT2D eigenvalue weighted by atomic mass is 10.2. The second-order valence-corrected chi connectivity index (χ2v) is 1.73. The summed E-state index contributed by atoms with van der Waals surface area (Å²) in [5.74, 6) is 0. The Morgan fingerprint density at radius 1 is 1.86 bits per heavy atom. The van der Waals surface area contributed by atoms with Crippen molar-refractivity contribution in [2.75, 3.05) is 0 Å². The molecule has 0 aromatic rings. The molecule has 0 aliphatic rings. The van der Waals surface area contributed by atoms with Crippen LogP contribution in [0.25, 0.3) is 0 Å². The Morgan fingerprint density at radius 2 is 2.29 bits per heavy atom. The number of aliphatic hydroxyl groups is 1. The average Bonchev–Trinajstić information content (AvgIpc) is 1.65. The van der Waals surface area contributed by atoms with Gasteiger partial charge in [0.25, 0.3) is 0 Å². The quantitative estimate of drug-likeness (QED) is 0.490. The van der Waals surface area contributed by atoms with Crippen LogP contribution in [-0.2, 0) is 0 Å². The van der Waals surface area contributed by atoms with E-state index >= 15 is 0 Å². The molecule has 3 N–H and O–H groups in total. The predicted octanol–water partition coefficient (Wildman–Crippen LogP) is -0.306. The first-order valence-electron chi connectivity index (χ1n) is 2.07. The molecule has 2 atom stereocenters. The molecule has 0 radical (unpaired) electrons. The van der Waals surface area contributed by atoms with Crippen molar-refractivity contribution in [3.63, 3.8) is 0 Å². The number of hydrogen-bond acceptors (Lipinski definition) is 3. The molecular weight excluding hydrogens is 110 g/mol. The fourth-order valence-corrected chi connectivity index (χ4v) is 0.341. The van der Waals surface area contributed by atoms with E-state index in [9.17, 15) is 0 Å². The van der Waals surface area contributed by atoms with Crippen molar-refractivity contribution >= 4 is 17.6 Å². The molecule has 0 aliphatic heterocycles. The van der Waals surface area contributed by atoms with Gasteiger partial charge in [-0.2, -0.15) is 0 Å². The lowest BCUT2D eigenvalue weighted by Crippen LogP contribution is -2.32. The first-order valence-corrected chi connectivity index (χ1v) is 2.54. The van der Waals surface area contributed by atoms with Crippen LogP contribution in [0.3, 0.4) is 0 Å². The van der Waals surface area contributed by atoms with Crippen LogP contribution in [0.5, 0.6) is 0 Å². The molecule has 0 amide bonds. The van der Waals surface area contributed by atoms with E-state index in [-0.39, 0.29) is 6.04 Å². The summed E-state index contributed by atoms with van der Waals surface area (Å²) in [5, 5.41) is 9.95. The standard InChI is InChI=1S/C4H9NOS/c1-3(6)4(5)2-7/h2-4,6H,5H2,1H3. The molecule has 0 aromatic heterocycles. The minimum Gasteiger partial charge on any atom is -0.391 e. The van der Waals surface area contributed by atoms with Crippen molar-refractivity contribution in [2.24, 2.45) is 5.73 Å². The third-order valence-electron chi connectivity index (χ3n) is 0.714. The van der Waals surface area contributed by atoms with E-state index in [1.165, 1.54) is 5.37 Å². The molecule has 0 heterocycles. The largest absolute Gasteiger partial charge is 0.391 e. The van der Waals surface area contributed by atoms with Gasteiger partial charge in [0.05, 0.1) is 12.1 Å². The average molecular weight is 119 g/mol. The van der Waals surface area contributed by atoms with Crippen LogP contribution in [0, 0.1) is 0 Å². The predicted molar refractivity (Wildman–Crippen MR) is 33.3 cm³/mol. The van der Waals surface area contributed by atoms with Crippen molar-refractivity contribution in [1.82, 2.24) is 0 Å². The molecule has 0 saturated heterocycles. The van der Waals surface area contributed by atoms with Gasteiger partial charge >= 0.3 is 0 Å². The first kappa shape index (κ1) is 7.01. The molecule has 0 aromatic carbocycles. The Bertz CT molecular complexity index is 64.7. The summed E-state index contributed by atoms with van der Waals surface area (Å²) in [7, 11) is 0. The van der Waals surface area contributed by atoms with Gasteiger partial charge in [0, 0.05) is 0 Å². The van der Waals surface area contributed by atoms with Crippen LogP contribution < -0.4 is 5.73 Å². The molecule has 7 heavy (non-hydrogen) atoms. The van der Waals surface area contributed by atoms with E-state index in [4.69, 9.17) is 10.8 Å². The SMILES string of the molecule is CC(O)C(N)C=S.